The van der Waals surface area contributed by atoms with Crippen molar-refractivity contribution < 1.29 is 19.4 Å². The monoisotopic (exact) mass is 495 g/mol. The van der Waals surface area contributed by atoms with Gasteiger partial charge in [0.1, 0.15) is 18.9 Å². The van der Waals surface area contributed by atoms with Gasteiger partial charge in [-0.2, -0.15) is 0 Å². The first-order valence-electron chi connectivity index (χ1n) is 12.4. The van der Waals surface area contributed by atoms with Gasteiger partial charge in [-0.3, -0.25) is 4.31 Å². The van der Waals surface area contributed by atoms with Crippen LogP contribution in [-0.4, -0.2) is 28.6 Å². The van der Waals surface area contributed by atoms with Crippen molar-refractivity contribution in [3.63, 3.8) is 0 Å². The van der Waals surface area contributed by atoms with Gasteiger partial charge in [0.25, 0.3) is 0 Å². The number of rotatable bonds is 5. The average molecular weight is 496 g/mol. The smallest absolute Gasteiger partial charge is 0.353 e. The van der Waals surface area contributed by atoms with E-state index < -0.39 is 5.97 Å². The lowest BCUT2D eigenvalue weighted by molar-refractivity contribution is -0.133. The number of carboxylic acid groups (broad SMARTS) is 1. The van der Waals surface area contributed by atoms with Crippen LogP contribution in [0.1, 0.15) is 30.4 Å². The van der Waals surface area contributed by atoms with Gasteiger partial charge < -0.3 is 14.6 Å². The minimum Gasteiger partial charge on any atom is -0.486 e. The summed E-state index contributed by atoms with van der Waals surface area (Å²) >= 11 is 1.50. The van der Waals surface area contributed by atoms with Crippen LogP contribution in [0.5, 0.6) is 11.5 Å². The lowest BCUT2D eigenvalue weighted by Crippen LogP contribution is -2.20. The second kappa shape index (κ2) is 8.49. The SMILES string of the molecule is O=C(O)C1=C(c2ccc3c(c2)OCCO3)CC2=C(C3CC3)C(Cc3cccc4ccccc34)=CSN21. The van der Waals surface area contributed by atoms with Gasteiger partial charge in [-0.1, -0.05) is 48.5 Å². The molecule has 36 heavy (non-hydrogen) atoms. The van der Waals surface area contributed by atoms with Crippen LogP contribution in [0, 0.1) is 5.92 Å². The molecule has 1 aliphatic carbocycles. The summed E-state index contributed by atoms with van der Waals surface area (Å²) in [5.41, 5.74) is 7.16. The average Bonchev–Trinajstić information content (AvgIpc) is 3.67. The third-order valence-electron chi connectivity index (χ3n) is 7.38. The van der Waals surface area contributed by atoms with Crippen molar-refractivity contribution in [2.24, 2.45) is 5.92 Å². The van der Waals surface area contributed by atoms with Gasteiger partial charge in [0.05, 0.1) is 0 Å². The molecular formula is C30H25NO4S. The zero-order valence-corrected chi connectivity index (χ0v) is 20.5. The first-order chi connectivity index (χ1) is 17.7. The summed E-state index contributed by atoms with van der Waals surface area (Å²) in [5.74, 6) is 0.993. The predicted octanol–water partition coefficient (Wildman–Crippen LogP) is 6.56. The standard InChI is InChI=1S/C30H25NO4S/c32-30(33)29-24(21-10-11-26-27(15-21)35-13-12-34-26)16-25-28(19-8-9-19)22(17-36-31(25)29)14-20-6-3-5-18-4-1-2-7-23(18)20/h1-7,10-11,15,17,19H,8-9,12-14,16H2,(H,32,33). The molecule has 1 fully saturated rings. The maximum Gasteiger partial charge on any atom is 0.353 e. The van der Waals surface area contributed by atoms with Crippen LogP contribution in [-0.2, 0) is 11.2 Å². The number of carbonyl (C=O) groups is 1. The van der Waals surface area contributed by atoms with Gasteiger partial charge in [0, 0.05) is 12.1 Å². The van der Waals surface area contributed by atoms with Gasteiger partial charge in [0.15, 0.2) is 11.5 Å². The van der Waals surface area contributed by atoms with Crippen molar-refractivity contribution in [1.29, 1.82) is 0 Å². The van der Waals surface area contributed by atoms with Crippen LogP contribution in [0.3, 0.4) is 0 Å². The van der Waals surface area contributed by atoms with Gasteiger partial charge >= 0.3 is 5.97 Å². The third-order valence-corrected chi connectivity index (χ3v) is 8.38. The molecule has 0 saturated heterocycles. The summed E-state index contributed by atoms with van der Waals surface area (Å²) in [7, 11) is 0. The highest BCUT2D eigenvalue weighted by molar-refractivity contribution is 8.00. The number of fused-ring (bicyclic) bond motifs is 3. The van der Waals surface area contributed by atoms with Crippen molar-refractivity contribution in [3.8, 4) is 11.5 Å². The number of carboxylic acids is 1. The Hall–Kier alpha value is -3.64. The highest BCUT2D eigenvalue weighted by Crippen LogP contribution is 2.54. The molecule has 5 nitrogen and oxygen atoms in total. The minimum atomic E-state index is -0.900. The molecular weight excluding hydrogens is 470 g/mol. The summed E-state index contributed by atoms with van der Waals surface area (Å²) in [5, 5.41) is 15.0. The molecule has 3 heterocycles. The van der Waals surface area contributed by atoms with Crippen LogP contribution in [0.4, 0.5) is 0 Å². The lowest BCUT2D eigenvalue weighted by Gasteiger charge is -2.28. The fraction of sp³-hybridized carbons (Fsp3) is 0.233. The quantitative estimate of drug-likeness (QED) is 0.404. The zero-order valence-electron chi connectivity index (χ0n) is 19.7. The van der Waals surface area contributed by atoms with E-state index in [0.717, 1.165) is 36.1 Å². The molecule has 3 aromatic carbocycles. The van der Waals surface area contributed by atoms with Crippen LogP contribution in [0.2, 0.25) is 0 Å². The number of hydrogen-bond donors (Lipinski definition) is 1. The minimum absolute atomic E-state index is 0.352. The van der Waals surface area contributed by atoms with Crippen molar-refractivity contribution in [2.45, 2.75) is 25.7 Å². The lowest BCUT2D eigenvalue weighted by atomic mass is 9.90. The van der Waals surface area contributed by atoms with E-state index >= 15 is 0 Å². The molecule has 3 aromatic rings. The van der Waals surface area contributed by atoms with Gasteiger partial charge in [0.2, 0.25) is 0 Å². The highest BCUT2D eigenvalue weighted by Gasteiger charge is 2.41. The molecule has 3 aliphatic heterocycles. The summed E-state index contributed by atoms with van der Waals surface area (Å²) in [6.45, 7) is 1.03. The van der Waals surface area contributed by atoms with Gasteiger partial charge in [-0.25, -0.2) is 4.79 Å². The Morgan fingerprint density at radius 1 is 1.00 bits per heavy atom. The van der Waals surface area contributed by atoms with Gasteiger partial charge in [-0.15, -0.1) is 0 Å². The molecule has 0 unspecified atom stereocenters. The number of benzene rings is 3. The summed E-state index contributed by atoms with van der Waals surface area (Å²) in [6.07, 6.45) is 3.77. The number of nitrogens with zero attached hydrogens (tertiary/aromatic N) is 1. The zero-order chi connectivity index (χ0) is 24.2. The summed E-state index contributed by atoms with van der Waals surface area (Å²) in [6, 6.07) is 20.8. The van der Waals surface area contributed by atoms with E-state index in [1.165, 1.54) is 39.4 Å². The molecule has 0 amide bonds. The molecule has 4 aliphatic rings. The van der Waals surface area contributed by atoms with E-state index in [-0.39, 0.29) is 0 Å². The van der Waals surface area contributed by atoms with Crippen LogP contribution < -0.4 is 9.47 Å². The largest absolute Gasteiger partial charge is 0.486 e. The highest BCUT2D eigenvalue weighted by atomic mass is 32.2. The maximum atomic E-state index is 12.5. The normalized spacial score (nSPS) is 19.0. The second-order valence-electron chi connectivity index (χ2n) is 9.66. The van der Waals surface area contributed by atoms with E-state index in [1.54, 1.807) is 0 Å². The third kappa shape index (κ3) is 3.59. The first kappa shape index (κ1) is 21.6. The topological polar surface area (TPSA) is 59.0 Å². The van der Waals surface area contributed by atoms with Crippen molar-refractivity contribution >= 4 is 34.3 Å². The molecule has 7 rings (SSSR count). The summed E-state index contributed by atoms with van der Waals surface area (Å²) in [4.78, 5) is 12.5. The molecule has 0 spiro atoms. The maximum absolute atomic E-state index is 12.5. The molecule has 0 aromatic heterocycles. The number of hydrogen-bond acceptors (Lipinski definition) is 5. The van der Waals surface area contributed by atoms with Crippen LogP contribution >= 0.6 is 11.9 Å². The van der Waals surface area contributed by atoms with E-state index in [4.69, 9.17) is 9.47 Å². The molecule has 1 saturated carbocycles. The predicted molar refractivity (Wildman–Crippen MR) is 142 cm³/mol. The van der Waals surface area contributed by atoms with E-state index in [0.29, 0.717) is 42.7 Å². The Balaban J connectivity index is 1.29. The first-order valence-corrected chi connectivity index (χ1v) is 13.2. The molecule has 0 bridgehead atoms. The Kier molecular flexibility index (Phi) is 5.10. The number of ether oxygens (including phenoxy) is 2. The fourth-order valence-corrected chi connectivity index (χ4v) is 6.64. The Labute approximate surface area is 213 Å². The van der Waals surface area contributed by atoms with Crippen LogP contribution in [0.25, 0.3) is 16.3 Å². The summed E-state index contributed by atoms with van der Waals surface area (Å²) < 4.78 is 13.4. The van der Waals surface area contributed by atoms with Crippen molar-refractivity contribution in [3.05, 3.63) is 99.7 Å². The van der Waals surface area contributed by atoms with Crippen molar-refractivity contribution in [2.75, 3.05) is 13.2 Å². The number of aliphatic carboxylic acids is 1. The van der Waals surface area contributed by atoms with E-state index in [1.807, 2.05) is 22.5 Å². The molecule has 0 atom stereocenters. The number of allylic oxidation sites excluding steroid dienone is 3. The molecule has 180 valence electrons. The Morgan fingerprint density at radius 2 is 1.81 bits per heavy atom. The fourth-order valence-electron chi connectivity index (χ4n) is 5.61. The molecule has 1 N–H and O–H groups in total. The molecule has 6 heteroatoms. The van der Waals surface area contributed by atoms with E-state index in [9.17, 15) is 9.90 Å². The molecule has 0 radical (unpaired) electrons. The Bertz CT molecular complexity index is 1510. The van der Waals surface area contributed by atoms with Crippen LogP contribution in [0.15, 0.2) is 88.6 Å². The Morgan fingerprint density at radius 3 is 2.64 bits per heavy atom. The van der Waals surface area contributed by atoms with Gasteiger partial charge in [-0.05, 0) is 93.3 Å². The second-order valence-corrected chi connectivity index (χ2v) is 10.5. The van der Waals surface area contributed by atoms with E-state index in [2.05, 4.69) is 47.9 Å². The van der Waals surface area contributed by atoms with Crippen molar-refractivity contribution in [1.82, 2.24) is 4.31 Å².